The Morgan fingerprint density at radius 3 is 2.52 bits per heavy atom. The summed E-state index contributed by atoms with van der Waals surface area (Å²) in [6.45, 7) is 6.85. The van der Waals surface area contributed by atoms with Gasteiger partial charge in [-0.2, -0.15) is 0 Å². The molecule has 114 valence electrons. The van der Waals surface area contributed by atoms with E-state index in [2.05, 4.69) is 17.6 Å². The molecule has 1 aliphatic carbocycles. The molecule has 2 atom stereocenters. The van der Waals surface area contributed by atoms with Crippen LogP contribution in [-0.2, 0) is 9.59 Å². The number of unbranched alkanes of at least 4 members (excludes halogenated alkanes) is 1. The number of amides is 2. The van der Waals surface area contributed by atoms with Crippen molar-refractivity contribution in [2.24, 2.45) is 11.8 Å². The Morgan fingerprint density at radius 1 is 1.14 bits per heavy atom. The summed E-state index contributed by atoms with van der Waals surface area (Å²) in [5.41, 5.74) is 3.16. The Labute approximate surface area is 126 Å². The quantitative estimate of drug-likeness (QED) is 0.791. The van der Waals surface area contributed by atoms with Gasteiger partial charge in [0.2, 0.25) is 11.8 Å². The third kappa shape index (κ3) is 4.06. The van der Waals surface area contributed by atoms with Crippen LogP contribution in [0.3, 0.4) is 0 Å². The van der Waals surface area contributed by atoms with Gasteiger partial charge in [-0.25, -0.2) is 0 Å². The predicted molar refractivity (Wildman–Crippen MR) is 84.1 cm³/mol. The Balaban J connectivity index is 1.82. The number of anilines is 1. The average Bonchev–Trinajstić information content (AvgIpc) is 3.23. The number of hydrogen-bond donors (Lipinski definition) is 2. The van der Waals surface area contributed by atoms with Gasteiger partial charge >= 0.3 is 0 Å². The van der Waals surface area contributed by atoms with Crippen molar-refractivity contribution in [3.05, 3.63) is 29.3 Å². The minimum Gasteiger partial charge on any atom is -0.356 e. The van der Waals surface area contributed by atoms with Crippen LogP contribution < -0.4 is 10.6 Å². The van der Waals surface area contributed by atoms with Crippen molar-refractivity contribution in [2.75, 3.05) is 11.9 Å². The van der Waals surface area contributed by atoms with Gasteiger partial charge in [0, 0.05) is 12.2 Å². The highest BCUT2D eigenvalue weighted by atomic mass is 16.2. The van der Waals surface area contributed by atoms with Crippen LogP contribution in [0, 0.1) is 25.7 Å². The average molecular weight is 288 g/mol. The van der Waals surface area contributed by atoms with Crippen molar-refractivity contribution in [2.45, 2.75) is 40.0 Å². The lowest BCUT2D eigenvalue weighted by Gasteiger charge is -2.08. The van der Waals surface area contributed by atoms with Gasteiger partial charge in [-0.3, -0.25) is 9.59 Å². The highest BCUT2D eigenvalue weighted by Gasteiger charge is 2.47. The van der Waals surface area contributed by atoms with Crippen LogP contribution in [0.5, 0.6) is 0 Å². The van der Waals surface area contributed by atoms with E-state index in [0.29, 0.717) is 13.0 Å². The van der Waals surface area contributed by atoms with Crippen LogP contribution in [0.25, 0.3) is 0 Å². The molecular weight excluding hydrogens is 264 g/mol. The minimum atomic E-state index is -0.173. The first-order valence-electron chi connectivity index (χ1n) is 7.68. The van der Waals surface area contributed by atoms with E-state index in [1.807, 2.05) is 32.0 Å². The van der Waals surface area contributed by atoms with Gasteiger partial charge in [-0.1, -0.05) is 19.4 Å². The van der Waals surface area contributed by atoms with Gasteiger partial charge in [0.25, 0.3) is 0 Å². The monoisotopic (exact) mass is 288 g/mol. The Kier molecular flexibility index (Phi) is 4.99. The molecule has 2 N–H and O–H groups in total. The van der Waals surface area contributed by atoms with Gasteiger partial charge in [-0.05, 0) is 49.9 Å². The smallest absolute Gasteiger partial charge is 0.228 e. The molecule has 1 fully saturated rings. The molecule has 0 heterocycles. The Hall–Kier alpha value is -1.84. The van der Waals surface area contributed by atoms with Crippen molar-refractivity contribution >= 4 is 17.5 Å². The molecule has 2 unspecified atom stereocenters. The number of carbonyl (C=O) groups excluding carboxylic acids is 2. The van der Waals surface area contributed by atoms with Crippen LogP contribution in [0.15, 0.2) is 18.2 Å². The standard InChI is InChI=1S/C17H24N2O2/c1-4-5-8-18-16(20)14-10-15(14)17(21)19-13-7-6-11(2)12(3)9-13/h6-7,9,14-15H,4-5,8,10H2,1-3H3,(H,18,20)(H,19,21). The summed E-state index contributed by atoms with van der Waals surface area (Å²) in [5.74, 6) is -0.348. The molecule has 0 radical (unpaired) electrons. The van der Waals surface area contributed by atoms with E-state index in [9.17, 15) is 9.59 Å². The van der Waals surface area contributed by atoms with E-state index in [-0.39, 0.29) is 23.7 Å². The fourth-order valence-corrected chi connectivity index (χ4v) is 2.35. The lowest BCUT2D eigenvalue weighted by atomic mass is 10.1. The molecule has 1 saturated carbocycles. The number of hydrogen-bond acceptors (Lipinski definition) is 2. The summed E-state index contributed by atoms with van der Waals surface area (Å²) in [7, 11) is 0. The highest BCUT2D eigenvalue weighted by molar-refractivity contribution is 5.99. The van der Waals surface area contributed by atoms with E-state index in [4.69, 9.17) is 0 Å². The van der Waals surface area contributed by atoms with E-state index in [0.717, 1.165) is 24.1 Å². The zero-order valence-electron chi connectivity index (χ0n) is 13.0. The number of aryl methyl sites for hydroxylation is 2. The molecule has 0 bridgehead atoms. The molecule has 1 aliphatic rings. The largest absolute Gasteiger partial charge is 0.356 e. The number of benzene rings is 1. The fraction of sp³-hybridized carbons (Fsp3) is 0.529. The molecule has 0 spiro atoms. The number of rotatable bonds is 6. The maximum atomic E-state index is 12.1. The van der Waals surface area contributed by atoms with Crippen molar-refractivity contribution < 1.29 is 9.59 Å². The minimum absolute atomic E-state index is 0.0173. The molecule has 0 aliphatic heterocycles. The van der Waals surface area contributed by atoms with E-state index >= 15 is 0 Å². The second-order valence-corrected chi connectivity index (χ2v) is 5.88. The highest BCUT2D eigenvalue weighted by Crippen LogP contribution is 2.39. The Bertz CT molecular complexity index is 540. The Morgan fingerprint density at radius 2 is 1.86 bits per heavy atom. The van der Waals surface area contributed by atoms with Gasteiger partial charge in [-0.15, -0.1) is 0 Å². The van der Waals surface area contributed by atoms with Gasteiger partial charge in [0.1, 0.15) is 0 Å². The molecule has 0 aromatic heterocycles. The summed E-state index contributed by atoms with van der Waals surface area (Å²) < 4.78 is 0. The molecular formula is C17H24N2O2. The topological polar surface area (TPSA) is 58.2 Å². The molecule has 0 saturated heterocycles. The van der Waals surface area contributed by atoms with E-state index < -0.39 is 0 Å². The predicted octanol–water partition coefficient (Wildman–Crippen LogP) is 2.79. The third-order valence-electron chi connectivity index (χ3n) is 4.07. The second kappa shape index (κ2) is 6.74. The van der Waals surface area contributed by atoms with E-state index in [1.165, 1.54) is 5.56 Å². The summed E-state index contributed by atoms with van der Waals surface area (Å²) in [5, 5.41) is 5.80. The molecule has 2 rings (SSSR count). The van der Waals surface area contributed by atoms with Gasteiger partial charge < -0.3 is 10.6 Å². The van der Waals surface area contributed by atoms with Crippen LogP contribution in [0.4, 0.5) is 5.69 Å². The van der Waals surface area contributed by atoms with Crippen molar-refractivity contribution in [1.82, 2.24) is 5.32 Å². The van der Waals surface area contributed by atoms with E-state index in [1.54, 1.807) is 0 Å². The SMILES string of the molecule is CCCCNC(=O)C1CC1C(=O)Nc1ccc(C)c(C)c1. The first kappa shape index (κ1) is 15.5. The maximum absolute atomic E-state index is 12.1. The van der Waals surface area contributed by atoms with Gasteiger partial charge in [0.15, 0.2) is 0 Å². The van der Waals surface area contributed by atoms with Crippen molar-refractivity contribution in [3.8, 4) is 0 Å². The van der Waals surface area contributed by atoms with Gasteiger partial charge in [0.05, 0.1) is 11.8 Å². The first-order chi connectivity index (χ1) is 10.0. The van der Waals surface area contributed by atoms with Crippen LogP contribution in [0.2, 0.25) is 0 Å². The van der Waals surface area contributed by atoms with Crippen LogP contribution in [-0.4, -0.2) is 18.4 Å². The second-order valence-electron chi connectivity index (χ2n) is 5.88. The molecule has 1 aromatic rings. The zero-order valence-corrected chi connectivity index (χ0v) is 13.0. The summed E-state index contributed by atoms with van der Waals surface area (Å²) in [4.78, 5) is 24.0. The molecule has 21 heavy (non-hydrogen) atoms. The normalized spacial score (nSPS) is 20.0. The lowest BCUT2D eigenvalue weighted by molar-refractivity contribution is -0.125. The summed E-state index contributed by atoms with van der Waals surface area (Å²) in [6.07, 6.45) is 2.70. The summed E-state index contributed by atoms with van der Waals surface area (Å²) >= 11 is 0. The van der Waals surface area contributed by atoms with Crippen molar-refractivity contribution in [1.29, 1.82) is 0 Å². The zero-order chi connectivity index (χ0) is 15.4. The van der Waals surface area contributed by atoms with Crippen molar-refractivity contribution in [3.63, 3.8) is 0 Å². The maximum Gasteiger partial charge on any atom is 0.228 e. The number of carbonyl (C=O) groups is 2. The fourth-order valence-electron chi connectivity index (χ4n) is 2.35. The first-order valence-corrected chi connectivity index (χ1v) is 7.68. The third-order valence-corrected chi connectivity index (χ3v) is 4.07. The molecule has 1 aromatic carbocycles. The molecule has 4 nitrogen and oxygen atoms in total. The number of nitrogens with one attached hydrogen (secondary N) is 2. The molecule has 4 heteroatoms. The molecule has 2 amide bonds. The van der Waals surface area contributed by atoms with Crippen LogP contribution in [0.1, 0.15) is 37.3 Å². The lowest BCUT2D eigenvalue weighted by Crippen LogP contribution is -2.28. The summed E-state index contributed by atoms with van der Waals surface area (Å²) in [6, 6.07) is 5.86. The van der Waals surface area contributed by atoms with Crippen LogP contribution >= 0.6 is 0 Å².